The summed E-state index contributed by atoms with van der Waals surface area (Å²) in [6, 6.07) is 2.55. The number of aryl methyl sites for hydroxylation is 1. The van der Waals surface area contributed by atoms with E-state index in [1.165, 1.54) is 23.3 Å². The summed E-state index contributed by atoms with van der Waals surface area (Å²) in [6.45, 7) is 8.62. The van der Waals surface area contributed by atoms with E-state index < -0.39 is 49.6 Å². The zero-order valence-corrected chi connectivity index (χ0v) is 24.8. The van der Waals surface area contributed by atoms with Crippen LogP contribution in [0.2, 0.25) is 0 Å². The molecule has 0 radical (unpaired) electrons. The van der Waals surface area contributed by atoms with E-state index in [1.807, 2.05) is 18.7 Å². The van der Waals surface area contributed by atoms with Crippen LogP contribution in [0.4, 0.5) is 57.3 Å². The fourth-order valence-corrected chi connectivity index (χ4v) is 4.86. The molecule has 0 aliphatic carbocycles. The molecule has 43 heavy (non-hydrogen) atoms. The van der Waals surface area contributed by atoms with Crippen LogP contribution in [0, 0.1) is 0 Å². The molecule has 1 aromatic carbocycles. The zero-order valence-electron chi connectivity index (χ0n) is 23.2. The third-order valence-corrected chi connectivity index (χ3v) is 7.45. The second kappa shape index (κ2) is 14.1. The maximum atomic E-state index is 13.1. The quantitative estimate of drug-likeness (QED) is 0.164. The Balaban J connectivity index is 0.00000206. The van der Waals surface area contributed by atoms with Crippen molar-refractivity contribution in [3.8, 4) is 0 Å². The number of nitrogens with zero attached hydrogens (tertiary/aromatic N) is 5. The van der Waals surface area contributed by atoms with Crippen LogP contribution >= 0.6 is 11.3 Å². The second-order valence-electron chi connectivity index (χ2n) is 9.04. The van der Waals surface area contributed by atoms with Crippen LogP contribution in [0.5, 0.6) is 0 Å². The monoisotopic (exact) mass is 668 g/mol. The lowest BCUT2D eigenvalue weighted by Crippen LogP contribution is -2.40. The number of benzene rings is 1. The summed E-state index contributed by atoms with van der Waals surface area (Å²) in [6.07, 6.45) is -8.16. The lowest BCUT2D eigenvalue weighted by molar-refractivity contribution is -0.370. The average Bonchev–Trinajstić information content (AvgIpc) is 3.36. The predicted octanol–water partition coefficient (Wildman–Crippen LogP) is 7.88. The van der Waals surface area contributed by atoms with Gasteiger partial charge in [-0.15, -0.1) is 20.4 Å². The van der Waals surface area contributed by atoms with Crippen molar-refractivity contribution in [3.63, 3.8) is 0 Å². The average molecular weight is 669 g/mol. The van der Waals surface area contributed by atoms with Crippen LogP contribution in [0.3, 0.4) is 0 Å². The van der Waals surface area contributed by atoms with Crippen molar-refractivity contribution >= 4 is 49.5 Å². The van der Waals surface area contributed by atoms with E-state index >= 15 is 0 Å². The van der Waals surface area contributed by atoms with E-state index in [0.29, 0.717) is 37.1 Å². The Labute approximate surface area is 245 Å². The first kappa shape index (κ1) is 36.0. The van der Waals surface area contributed by atoms with Crippen molar-refractivity contribution in [3.05, 3.63) is 22.7 Å². The topological polar surface area (TPSA) is 126 Å². The Morgan fingerprint density at radius 1 is 1.07 bits per heavy atom. The van der Waals surface area contributed by atoms with Crippen molar-refractivity contribution < 1.29 is 53.1 Å². The molecule has 1 aliphatic rings. The van der Waals surface area contributed by atoms with Gasteiger partial charge in [0, 0.05) is 18.3 Å². The predicted molar refractivity (Wildman–Crippen MR) is 142 cm³/mol. The van der Waals surface area contributed by atoms with E-state index in [0.717, 1.165) is 6.42 Å². The van der Waals surface area contributed by atoms with Gasteiger partial charge in [0.15, 0.2) is 0 Å². The largest absolute Gasteiger partial charge is 0.516 e. The van der Waals surface area contributed by atoms with E-state index in [9.17, 15) is 48.3 Å². The van der Waals surface area contributed by atoms with Gasteiger partial charge >= 0.3 is 33.8 Å². The summed E-state index contributed by atoms with van der Waals surface area (Å²) in [7, 11) is -5.89. The highest BCUT2D eigenvalue weighted by Crippen LogP contribution is 2.42. The first-order chi connectivity index (χ1) is 19.8. The van der Waals surface area contributed by atoms with Crippen molar-refractivity contribution in [1.29, 1.82) is 0 Å². The van der Waals surface area contributed by atoms with E-state index in [4.69, 9.17) is 0 Å². The van der Waals surface area contributed by atoms with Crippen LogP contribution in [-0.4, -0.2) is 55.0 Å². The molecule has 0 spiro atoms. The maximum absolute atomic E-state index is 13.1. The number of carbonyl (C=O) groups excluding carboxylic acids is 1. The first-order valence-electron chi connectivity index (χ1n) is 12.8. The molecule has 1 aromatic heterocycles. The molecular formula is C23H28F8N6O4S2. The lowest BCUT2D eigenvalue weighted by Gasteiger charge is -2.39. The molecule has 1 aliphatic heterocycles. The number of sulfonamides is 1. The number of aromatic nitrogens is 2. The van der Waals surface area contributed by atoms with Gasteiger partial charge in [0.2, 0.25) is 5.01 Å². The molecule has 242 valence electrons. The Hall–Kier alpha value is -3.16. The van der Waals surface area contributed by atoms with E-state index in [2.05, 4.69) is 39.0 Å². The summed E-state index contributed by atoms with van der Waals surface area (Å²) in [4.78, 5) is 13.6. The van der Waals surface area contributed by atoms with Gasteiger partial charge in [-0.3, -0.25) is 4.72 Å². The number of alkyl halides is 8. The van der Waals surface area contributed by atoms with Crippen LogP contribution in [0.15, 0.2) is 22.4 Å². The summed E-state index contributed by atoms with van der Waals surface area (Å²) < 4.78 is 130. The van der Waals surface area contributed by atoms with Gasteiger partial charge in [-0.2, -0.15) is 43.5 Å². The van der Waals surface area contributed by atoms with Gasteiger partial charge in [-0.25, -0.2) is 4.79 Å². The number of carbonyl (C=O) groups is 1. The normalized spacial score (nSPS) is 16.0. The lowest BCUT2D eigenvalue weighted by atomic mass is 9.93. The van der Waals surface area contributed by atoms with Gasteiger partial charge < -0.3 is 9.64 Å². The number of anilines is 2. The number of rotatable bonds is 9. The number of azo groups is 1. The summed E-state index contributed by atoms with van der Waals surface area (Å²) in [5, 5.41) is 12.0. The maximum Gasteiger partial charge on any atom is 0.516 e. The molecule has 10 nitrogen and oxygen atoms in total. The fraction of sp³-hybridized carbons (Fsp3) is 0.609. The molecule has 2 aromatic rings. The SMILES string of the molecule is CCC.CCCN1c2cc(NS(=O)(=O)C(F)(F)F)c(N=Nc3nnc(C(=O)OC(F)(F)C(F)(F)F)s3)cc2CCC1CC. The Morgan fingerprint density at radius 2 is 1.70 bits per heavy atom. The highest BCUT2D eigenvalue weighted by atomic mass is 32.2. The number of esters is 1. The zero-order chi connectivity index (χ0) is 32.8. The van der Waals surface area contributed by atoms with Crippen molar-refractivity contribution in [2.75, 3.05) is 16.2 Å². The Kier molecular flexibility index (Phi) is 11.8. The molecule has 3 rings (SSSR count). The van der Waals surface area contributed by atoms with Gasteiger partial charge in [0.1, 0.15) is 5.69 Å². The minimum Gasteiger partial charge on any atom is -0.388 e. The molecule has 2 heterocycles. The van der Waals surface area contributed by atoms with Crippen LogP contribution in [0.1, 0.15) is 68.7 Å². The molecule has 1 N–H and O–H groups in total. The number of hydrogen-bond acceptors (Lipinski definition) is 10. The first-order valence-corrected chi connectivity index (χ1v) is 15.1. The number of fused-ring (bicyclic) bond motifs is 1. The van der Waals surface area contributed by atoms with Crippen LogP contribution < -0.4 is 9.62 Å². The highest BCUT2D eigenvalue weighted by molar-refractivity contribution is 7.93. The molecule has 1 unspecified atom stereocenters. The second-order valence-corrected chi connectivity index (χ2v) is 11.7. The molecule has 0 amide bonds. The van der Waals surface area contributed by atoms with E-state index in [1.54, 1.807) is 0 Å². The number of hydrogen-bond donors (Lipinski definition) is 1. The van der Waals surface area contributed by atoms with E-state index in [-0.39, 0.29) is 23.1 Å². The van der Waals surface area contributed by atoms with Gasteiger partial charge in [0.05, 0.1) is 5.69 Å². The van der Waals surface area contributed by atoms with Crippen molar-refractivity contribution in [2.45, 2.75) is 83.6 Å². The number of ether oxygens (including phenoxy) is 1. The summed E-state index contributed by atoms with van der Waals surface area (Å²) in [5.74, 6) is -2.17. The molecule has 20 heteroatoms. The standard InChI is InChI=1S/C20H20F8N6O4S2.C3H8/c1-3-7-34-11(4-2)6-5-10-8-12(13(9-14(10)34)33-40(36,37)20(26,27)28)29-31-17-32-30-15(39-17)16(35)38-19(24,25)18(21,22)23;1-3-2/h8-9,11,33H,3-7H2,1-2H3;3H2,1-2H3. The van der Waals surface area contributed by atoms with Gasteiger partial charge in [-0.1, -0.05) is 45.5 Å². The Morgan fingerprint density at radius 3 is 2.23 bits per heavy atom. The molecule has 0 fully saturated rings. The minimum atomic E-state index is -6.19. The summed E-state index contributed by atoms with van der Waals surface area (Å²) >= 11 is 0.0891. The van der Waals surface area contributed by atoms with Crippen LogP contribution in [-0.2, 0) is 21.2 Å². The Bertz CT molecular complexity index is 1400. The summed E-state index contributed by atoms with van der Waals surface area (Å²) in [5.41, 5.74) is -5.53. The van der Waals surface area contributed by atoms with Crippen molar-refractivity contribution in [1.82, 2.24) is 10.2 Å². The smallest absolute Gasteiger partial charge is 0.388 e. The number of nitrogens with one attached hydrogen (secondary N) is 1. The number of halogens is 8. The van der Waals surface area contributed by atoms with Crippen molar-refractivity contribution in [2.24, 2.45) is 10.2 Å². The molecule has 1 atom stereocenters. The molecule has 0 saturated heterocycles. The highest BCUT2D eigenvalue weighted by Gasteiger charge is 2.62. The molecule has 0 saturated carbocycles. The van der Waals surface area contributed by atoms with Gasteiger partial charge in [-0.05, 0) is 43.4 Å². The minimum absolute atomic E-state index is 0.0521. The third kappa shape index (κ3) is 8.93. The van der Waals surface area contributed by atoms with Crippen LogP contribution in [0.25, 0.3) is 0 Å². The molecule has 0 bridgehead atoms. The molecular weight excluding hydrogens is 640 g/mol. The van der Waals surface area contributed by atoms with Gasteiger partial charge in [0.25, 0.3) is 5.13 Å². The third-order valence-electron chi connectivity index (χ3n) is 5.56. The fourth-order valence-electron chi connectivity index (χ4n) is 3.75.